The normalized spacial score (nSPS) is 13.2. The molecule has 8 nitrogen and oxygen atoms in total. The average Bonchev–Trinajstić information content (AvgIpc) is 2.53. The fourth-order valence-electron chi connectivity index (χ4n) is 1.42. The van der Waals surface area contributed by atoms with Crippen LogP contribution in [0.3, 0.4) is 0 Å². The Bertz CT molecular complexity index is 427. The van der Waals surface area contributed by atoms with Crippen LogP contribution in [0.25, 0.3) is 0 Å². The summed E-state index contributed by atoms with van der Waals surface area (Å²) in [5, 5.41) is 24.2. The maximum Gasteiger partial charge on any atom is 0.490 e. The van der Waals surface area contributed by atoms with Crippen LogP contribution in [-0.2, 0) is 14.4 Å². The number of halogens is 3. The summed E-state index contributed by atoms with van der Waals surface area (Å²) in [5.41, 5.74) is 11.6. The van der Waals surface area contributed by atoms with E-state index in [1.807, 2.05) is 0 Å². The van der Waals surface area contributed by atoms with Crippen LogP contribution in [0.15, 0.2) is 0 Å². The molecule has 0 saturated heterocycles. The highest BCUT2D eigenvalue weighted by molar-refractivity contribution is 8.76. The van der Waals surface area contributed by atoms with Gasteiger partial charge >= 0.3 is 24.1 Å². The molecule has 0 rings (SSSR count). The summed E-state index contributed by atoms with van der Waals surface area (Å²) in [4.78, 5) is 29.6. The fraction of sp³-hybridized carbons (Fsp3) is 0.786. The summed E-state index contributed by atoms with van der Waals surface area (Å²) in [6.45, 7) is 0. The Labute approximate surface area is 162 Å². The molecule has 0 bridgehead atoms. The summed E-state index contributed by atoms with van der Waals surface area (Å²) in [7, 11) is 3.40. The van der Waals surface area contributed by atoms with E-state index in [0.717, 1.165) is 24.3 Å². The Hall–Kier alpha value is -1.18. The van der Waals surface area contributed by atoms with Crippen molar-refractivity contribution in [2.75, 3.05) is 11.5 Å². The molecule has 0 aliphatic carbocycles. The summed E-state index contributed by atoms with van der Waals surface area (Å²) in [6, 6.07) is -0.117. The second-order valence-electron chi connectivity index (χ2n) is 5.41. The minimum absolute atomic E-state index is 0.0583. The smallest absolute Gasteiger partial charge is 0.481 e. The van der Waals surface area contributed by atoms with E-state index < -0.39 is 24.1 Å². The third-order valence-corrected chi connectivity index (χ3v) is 5.40. The molecule has 0 aromatic rings. The number of hydrogen-bond donors (Lipinski definition) is 5. The summed E-state index contributed by atoms with van der Waals surface area (Å²) in [6.07, 6.45) is -2.21. The minimum atomic E-state index is -5.08. The van der Waals surface area contributed by atoms with Gasteiger partial charge in [-0.2, -0.15) is 13.2 Å². The monoisotopic (exact) mass is 438 g/mol. The highest BCUT2D eigenvalue weighted by Crippen LogP contribution is 2.24. The van der Waals surface area contributed by atoms with Crippen LogP contribution in [0.5, 0.6) is 0 Å². The molecule has 0 unspecified atom stereocenters. The lowest BCUT2D eigenvalue weighted by Crippen LogP contribution is -2.22. The maximum absolute atomic E-state index is 10.6. The zero-order valence-electron chi connectivity index (χ0n) is 14.5. The van der Waals surface area contributed by atoms with Crippen molar-refractivity contribution in [1.29, 1.82) is 0 Å². The predicted octanol–water partition coefficient (Wildman–Crippen LogP) is 2.17. The predicted molar refractivity (Wildman–Crippen MR) is 97.5 cm³/mol. The van der Waals surface area contributed by atoms with Gasteiger partial charge in [-0.25, -0.2) is 4.79 Å². The Balaban J connectivity index is 0. The first kappa shape index (κ1) is 28.0. The number of carboxylic acids is 3. The van der Waals surface area contributed by atoms with Gasteiger partial charge in [-0.3, -0.25) is 9.59 Å². The Kier molecular flexibility index (Phi) is 16.4. The molecule has 27 heavy (non-hydrogen) atoms. The van der Waals surface area contributed by atoms with Crippen LogP contribution < -0.4 is 11.5 Å². The van der Waals surface area contributed by atoms with Crippen LogP contribution >= 0.6 is 21.6 Å². The van der Waals surface area contributed by atoms with Gasteiger partial charge in [0.1, 0.15) is 0 Å². The zero-order chi connectivity index (χ0) is 21.5. The second kappa shape index (κ2) is 15.8. The van der Waals surface area contributed by atoms with Crippen molar-refractivity contribution in [1.82, 2.24) is 0 Å². The Morgan fingerprint density at radius 3 is 1.30 bits per heavy atom. The van der Waals surface area contributed by atoms with E-state index >= 15 is 0 Å². The van der Waals surface area contributed by atoms with E-state index in [4.69, 9.17) is 31.6 Å². The molecule has 0 heterocycles. The number of hydrogen-bond acceptors (Lipinski definition) is 7. The number of rotatable bonds is 13. The van der Waals surface area contributed by atoms with E-state index in [2.05, 4.69) is 0 Å². The summed E-state index contributed by atoms with van der Waals surface area (Å²) < 4.78 is 31.7. The standard InChI is InChI=1S/C12H24N2O4S2.C2HF3O2/c13-9(1-3-11(15)16)5-7-19-20-8-6-10(14)2-4-12(17)18;3-2(4,5)1(6)7/h9-10H,1-8,13-14H2,(H,15,16)(H,17,18);(H,6,7)/t9-,10-;/m0./s1. The van der Waals surface area contributed by atoms with E-state index in [0.29, 0.717) is 12.8 Å². The minimum Gasteiger partial charge on any atom is -0.481 e. The molecule has 0 aromatic carbocycles. The molecule has 160 valence electrons. The molecule has 2 atom stereocenters. The van der Waals surface area contributed by atoms with Crippen LogP contribution in [-0.4, -0.2) is 63.0 Å². The molecule has 0 amide bonds. The Morgan fingerprint density at radius 2 is 1.07 bits per heavy atom. The first-order valence-corrected chi connectivity index (χ1v) is 10.3. The quantitative estimate of drug-likeness (QED) is 0.213. The first-order valence-electron chi connectivity index (χ1n) is 7.85. The van der Waals surface area contributed by atoms with Crippen molar-refractivity contribution in [3.63, 3.8) is 0 Å². The lowest BCUT2D eigenvalue weighted by Gasteiger charge is -2.11. The number of carboxylic acid groups (broad SMARTS) is 3. The van der Waals surface area contributed by atoms with Crippen LogP contribution in [0.4, 0.5) is 13.2 Å². The van der Waals surface area contributed by atoms with Gasteiger partial charge < -0.3 is 26.8 Å². The molecular weight excluding hydrogens is 413 g/mol. The van der Waals surface area contributed by atoms with Crippen molar-refractivity contribution in [3.8, 4) is 0 Å². The average molecular weight is 438 g/mol. The van der Waals surface area contributed by atoms with Crippen LogP contribution in [0.1, 0.15) is 38.5 Å². The van der Waals surface area contributed by atoms with Gasteiger partial charge in [-0.1, -0.05) is 21.6 Å². The van der Waals surface area contributed by atoms with Crippen molar-refractivity contribution in [3.05, 3.63) is 0 Å². The van der Waals surface area contributed by atoms with Crippen molar-refractivity contribution in [2.45, 2.75) is 56.8 Å². The SMILES string of the molecule is N[C@H](CCSSCC[C@@H](N)CCC(=O)O)CCC(=O)O.O=C(O)C(F)(F)F. The fourth-order valence-corrected chi connectivity index (χ4v) is 3.74. The van der Waals surface area contributed by atoms with Crippen molar-refractivity contribution in [2.24, 2.45) is 11.5 Å². The molecular formula is C14H25F3N2O6S2. The molecule has 7 N–H and O–H groups in total. The van der Waals surface area contributed by atoms with Crippen molar-refractivity contribution >= 4 is 39.5 Å². The van der Waals surface area contributed by atoms with Gasteiger partial charge in [0.05, 0.1) is 0 Å². The highest BCUT2D eigenvalue weighted by atomic mass is 33.1. The molecule has 0 aliphatic rings. The maximum atomic E-state index is 10.6. The van der Waals surface area contributed by atoms with E-state index in [1.54, 1.807) is 21.6 Å². The van der Waals surface area contributed by atoms with Crippen molar-refractivity contribution < 1.29 is 42.9 Å². The molecule has 13 heteroatoms. The Morgan fingerprint density at radius 1 is 0.778 bits per heavy atom. The molecule has 0 fully saturated rings. The van der Waals surface area contributed by atoms with Gasteiger partial charge in [0.25, 0.3) is 0 Å². The summed E-state index contributed by atoms with van der Waals surface area (Å²) in [5.74, 6) is -2.60. The molecule has 0 aliphatic heterocycles. The number of alkyl halides is 3. The third-order valence-electron chi connectivity index (χ3n) is 2.93. The van der Waals surface area contributed by atoms with Crippen LogP contribution in [0.2, 0.25) is 0 Å². The first-order chi connectivity index (χ1) is 12.4. The van der Waals surface area contributed by atoms with Gasteiger partial charge in [-0.15, -0.1) is 0 Å². The number of aliphatic carboxylic acids is 3. The largest absolute Gasteiger partial charge is 0.490 e. The van der Waals surface area contributed by atoms with E-state index in [-0.39, 0.29) is 24.9 Å². The number of carbonyl (C=O) groups is 3. The highest BCUT2D eigenvalue weighted by Gasteiger charge is 2.38. The topological polar surface area (TPSA) is 164 Å². The van der Waals surface area contributed by atoms with Gasteiger partial charge in [0, 0.05) is 36.4 Å². The molecule has 0 aromatic heterocycles. The second-order valence-corrected chi connectivity index (χ2v) is 8.11. The van der Waals surface area contributed by atoms with Crippen LogP contribution in [0, 0.1) is 0 Å². The summed E-state index contributed by atoms with van der Waals surface area (Å²) >= 11 is 0. The van der Waals surface area contributed by atoms with E-state index in [1.165, 1.54) is 0 Å². The van der Waals surface area contributed by atoms with Gasteiger partial charge in [-0.05, 0) is 25.7 Å². The molecule has 0 spiro atoms. The van der Waals surface area contributed by atoms with E-state index in [9.17, 15) is 22.8 Å². The lowest BCUT2D eigenvalue weighted by atomic mass is 10.1. The van der Waals surface area contributed by atoms with Gasteiger partial charge in [0.15, 0.2) is 0 Å². The third kappa shape index (κ3) is 22.8. The zero-order valence-corrected chi connectivity index (χ0v) is 16.1. The number of nitrogens with two attached hydrogens (primary N) is 2. The molecule has 0 radical (unpaired) electrons. The molecule has 0 saturated carbocycles. The van der Waals surface area contributed by atoms with Gasteiger partial charge in [0.2, 0.25) is 0 Å². The lowest BCUT2D eigenvalue weighted by molar-refractivity contribution is -0.192.